The van der Waals surface area contributed by atoms with E-state index in [1.807, 2.05) is 6.07 Å². The van der Waals surface area contributed by atoms with Crippen LogP contribution in [0.1, 0.15) is 0 Å². The van der Waals surface area contributed by atoms with E-state index in [4.69, 9.17) is 9.97 Å². The Kier molecular flexibility index (Phi) is 5.25. The van der Waals surface area contributed by atoms with Crippen molar-refractivity contribution in [2.45, 2.75) is 0 Å². The molecule has 0 aliphatic rings. The van der Waals surface area contributed by atoms with Gasteiger partial charge in [0.15, 0.2) is 0 Å². The van der Waals surface area contributed by atoms with Gasteiger partial charge in [-0.05, 0) is 41.8 Å². The van der Waals surface area contributed by atoms with Gasteiger partial charge >= 0.3 is 0 Å². The summed E-state index contributed by atoms with van der Waals surface area (Å²) in [7, 11) is 0. The Morgan fingerprint density at radius 1 is 0.370 bits per heavy atom. The van der Waals surface area contributed by atoms with Crippen molar-refractivity contribution in [3.63, 3.8) is 0 Å². The summed E-state index contributed by atoms with van der Waals surface area (Å²) < 4.78 is 4.66. The van der Waals surface area contributed by atoms with Crippen molar-refractivity contribution in [1.82, 2.24) is 19.1 Å². The quantitative estimate of drug-likeness (QED) is 0.193. The topological polar surface area (TPSA) is 35.6 Å². The average Bonchev–Trinajstić information content (AvgIpc) is 3.65. The van der Waals surface area contributed by atoms with Gasteiger partial charge in [-0.1, -0.05) is 121 Å². The van der Waals surface area contributed by atoms with Crippen LogP contribution in [-0.4, -0.2) is 19.1 Å². The standard InChI is InChI=1S/C42H26N4/c1-2-14-28(15-3-1)40-33-26-25-27-13-4-5-16-29(27)41(33)44-42(43-40)46-36-22-11-8-19-32(36)39-37(23-12-24-38(39)46)45-34-20-9-6-17-30(34)31-18-7-10-21-35(31)45/h1-26H. The largest absolute Gasteiger partial charge is 0.309 e. The highest BCUT2D eigenvalue weighted by Gasteiger charge is 2.21. The van der Waals surface area contributed by atoms with Crippen LogP contribution in [0.25, 0.3) is 88.2 Å². The van der Waals surface area contributed by atoms with Crippen LogP contribution in [0.5, 0.6) is 0 Å². The number of benzene rings is 7. The Hall–Kier alpha value is -6.26. The molecule has 10 aromatic rings. The Morgan fingerprint density at radius 3 is 1.70 bits per heavy atom. The lowest BCUT2D eigenvalue weighted by atomic mass is 10.0. The van der Waals surface area contributed by atoms with Gasteiger partial charge < -0.3 is 4.57 Å². The molecule has 0 saturated heterocycles. The van der Waals surface area contributed by atoms with Crippen LogP contribution in [0.15, 0.2) is 158 Å². The third-order valence-corrected chi connectivity index (χ3v) is 9.32. The molecule has 0 radical (unpaired) electrons. The van der Waals surface area contributed by atoms with E-state index in [1.165, 1.54) is 27.2 Å². The minimum atomic E-state index is 0.660. The summed E-state index contributed by atoms with van der Waals surface area (Å²) in [6.45, 7) is 0. The molecular weight excluding hydrogens is 560 g/mol. The Morgan fingerprint density at radius 2 is 0.957 bits per heavy atom. The number of nitrogens with zero attached hydrogens (tertiary/aromatic N) is 4. The summed E-state index contributed by atoms with van der Waals surface area (Å²) in [5, 5.41) is 8.15. The molecule has 3 aromatic heterocycles. The van der Waals surface area contributed by atoms with Crippen molar-refractivity contribution in [2.24, 2.45) is 0 Å². The minimum absolute atomic E-state index is 0.660. The highest BCUT2D eigenvalue weighted by atomic mass is 15.2. The zero-order valence-corrected chi connectivity index (χ0v) is 24.8. The molecule has 0 aliphatic carbocycles. The Labute approximate surface area is 264 Å². The first-order valence-electron chi connectivity index (χ1n) is 15.6. The lowest BCUT2D eigenvalue weighted by Crippen LogP contribution is -2.04. The molecule has 0 atom stereocenters. The predicted octanol–water partition coefficient (Wildman–Crippen LogP) is 10.6. The summed E-state index contributed by atoms with van der Waals surface area (Å²) in [6, 6.07) is 55.9. The zero-order valence-electron chi connectivity index (χ0n) is 24.8. The molecular formula is C42H26N4. The molecule has 0 N–H and O–H groups in total. The van der Waals surface area contributed by atoms with E-state index in [0.29, 0.717) is 5.95 Å². The van der Waals surface area contributed by atoms with Gasteiger partial charge in [-0.25, -0.2) is 9.97 Å². The maximum atomic E-state index is 5.37. The van der Waals surface area contributed by atoms with E-state index in [-0.39, 0.29) is 0 Å². The van der Waals surface area contributed by atoms with Crippen LogP contribution < -0.4 is 0 Å². The van der Waals surface area contributed by atoms with Gasteiger partial charge in [0.1, 0.15) is 0 Å². The van der Waals surface area contributed by atoms with Crippen LogP contribution >= 0.6 is 0 Å². The van der Waals surface area contributed by atoms with Crippen molar-refractivity contribution in [1.29, 1.82) is 0 Å². The van der Waals surface area contributed by atoms with Crippen molar-refractivity contribution in [3.05, 3.63) is 158 Å². The van der Waals surface area contributed by atoms with Crippen LogP contribution in [0.4, 0.5) is 0 Å². The molecule has 0 unspecified atom stereocenters. The number of aromatic nitrogens is 4. The number of hydrogen-bond donors (Lipinski definition) is 0. The Balaban J connectivity index is 1.35. The van der Waals surface area contributed by atoms with E-state index in [9.17, 15) is 0 Å². The van der Waals surface area contributed by atoms with Gasteiger partial charge in [-0.3, -0.25) is 4.57 Å². The van der Waals surface area contributed by atoms with Crippen molar-refractivity contribution in [3.8, 4) is 22.9 Å². The van der Waals surface area contributed by atoms with Crippen LogP contribution in [0.2, 0.25) is 0 Å². The van der Waals surface area contributed by atoms with Gasteiger partial charge in [-0.15, -0.1) is 0 Å². The summed E-state index contributed by atoms with van der Waals surface area (Å²) in [5.74, 6) is 0.660. The molecule has 0 fully saturated rings. The lowest BCUT2D eigenvalue weighted by Gasteiger charge is -2.14. The highest BCUT2D eigenvalue weighted by Crippen LogP contribution is 2.40. The van der Waals surface area contributed by atoms with Crippen LogP contribution in [0, 0.1) is 0 Å². The number of rotatable bonds is 3. The van der Waals surface area contributed by atoms with E-state index in [1.54, 1.807) is 0 Å². The first-order chi connectivity index (χ1) is 22.8. The van der Waals surface area contributed by atoms with Gasteiger partial charge in [-0.2, -0.15) is 0 Å². The maximum Gasteiger partial charge on any atom is 0.235 e. The third-order valence-electron chi connectivity index (χ3n) is 9.32. The highest BCUT2D eigenvalue weighted by molar-refractivity contribution is 6.16. The molecule has 46 heavy (non-hydrogen) atoms. The van der Waals surface area contributed by atoms with E-state index in [2.05, 4.69) is 161 Å². The molecule has 7 aromatic carbocycles. The molecule has 0 amide bonds. The summed E-state index contributed by atoms with van der Waals surface area (Å²) in [5.41, 5.74) is 8.60. The molecule has 0 aliphatic heterocycles. The van der Waals surface area contributed by atoms with Gasteiger partial charge in [0.2, 0.25) is 5.95 Å². The molecule has 0 saturated carbocycles. The number of para-hydroxylation sites is 3. The predicted molar refractivity (Wildman–Crippen MR) is 191 cm³/mol. The molecule has 0 spiro atoms. The normalized spacial score (nSPS) is 11.9. The lowest BCUT2D eigenvalue weighted by molar-refractivity contribution is 1.01. The first kappa shape index (κ1) is 25.1. The van der Waals surface area contributed by atoms with Crippen molar-refractivity contribution >= 4 is 65.3 Å². The second kappa shape index (κ2) is 9.62. The van der Waals surface area contributed by atoms with E-state index in [0.717, 1.165) is 55.0 Å². The fourth-order valence-corrected chi connectivity index (χ4v) is 7.35. The van der Waals surface area contributed by atoms with Gasteiger partial charge in [0, 0.05) is 37.9 Å². The fraction of sp³-hybridized carbons (Fsp3) is 0. The average molecular weight is 587 g/mol. The molecule has 4 nitrogen and oxygen atoms in total. The summed E-state index contributed by atoms with van der Waals surface area (Å²) in [6.07, 6.45) is 0. The second-order valence-electron chi connectivity index (χ2n) is 11.8. The zero-order chi connectivity index (χ0) is 30.2. The van der Waals surface area contributed by atoms with Gasteiger partial charge in [0.05, 0.1) is 39.0 Å². The third kappa shape index (κ3) is 3.49. The smallest absolute Gasteiger partial charge is 0.235 e. The molecule has 4 heteroatoms. The second-order valence-corrected chi connectivity index (χ2v) is 11.8. The van der Waals surface area contributed by atoms with Crippen LogP contribution in [-0.2, 0) is 0 Å². The number of fused-ring (bicyclic) bond motifs is 9. The van der Waals surface area contributed by atoms with Crippen LogP contribution in [0.3, 0.4) is 0 Å². The first-order valence-corrected chi connectivity index (χ1v) is 15.6. The van der Waals surface area contributed by atoms with Gasteiger partial charge in [0.25, 0.3) is 0 Å². The molecule has 3 heterocycles. The SMILES string of the molecule is c1ccc(-c2nc(-n3c4ccccc4c4c(-n5c6ccccc6c6ccccc65)cccc43)nc3c2ccc2ccccc23)cc1. The molecule has 10 rings (SSSR count). The Bertz CT molecular complexity index is 2750. The molecule has 214 valence electrons. The molecule has 0 bridgehead atoms. The fourth-order valence-electron chi connectivity index (χ4n) is 7.35. The summed E-state index contributed by atoms with van der Waals surface area (Å²) >= 11 is 0. The number of hydrogen-bond acceptors (Lipinski definition) is 2. The van der Waals surface area contributed by atoms with Crippen molar-refractivity contribution < 1.29 is 0 Å². The van der Waals surface area contributed by atoms with Crippen molar-refractivity contribution in [2.75, 3.05) is 0 Å². The van der Waals surface area contributed by atoms with E-state index < -0.39 is 0 Å². The summed E-state index contributed by atoms with van der Waals surface area (Å²) in [4.78, 5) is 10.7. The minimum Gasteiger partial charge on any atom is -0.309 e. The van der Waals surface area contributed by atoms with E-state index >= 15 is 0 Å². The monoisotopic (exact) mass is 586 g/mol. The maximum absolute atomic E-state index is 5.37.